The topological polar surface area (TPSA) is 40.3 Å². The fourth-order valence-electron chi connectivity index (χ4n) is 5.87. The number of nitrogens with zero attached hydrogens (tertiary/aromatic N) is 1. The Bertz CT molecular complexity index is 1060. The second-order valence-corrected chi connectivity index (χ2v) is 8.70. The summed E-state index contributed by atoms with van der Waals surface area (Å²) in [5.41, 5.74) is 7.30. The van der Waals surface area contributed by atoms with Crippen molar-refractivity contribution in [1.82, 2.24) is 15.2 Å². The van der Waals surface area contributed by atoms with Crippen LogP contribution in [0.25, 0.3) is 10.9 Å². The molecule has 2 N–H and O–H groups in total. The molecule has 0 unspecified atom stereocenters. The van der Waals surface area contributed by atoms with Crippen LogP contribution in [0.1, 0.15) is 35.2 Å². The lowest BCUT2D eigenvalue weighted by atomic mass is 9.74. The van der Waals surface area contributed by atoms with E-state index in [9.17, 15) is 0 Å². The van der Waals surface area contributed by atoms with Gasteiger partial charge in [-0.15, -0.1) is 0 Å². The van der Waals surface area contributed by atoms with Gasteiger partial charge in [-0.1, -0.05) is 24.3 Å². The first-order chi connectivity index (χ1) is 13.8. The minimum Gasteiger partial charge on any atom is -0.497 e. The first-order valence-corrected chi connectivity index (χ1v) is 10.5. The third kappa shape index (κ3) is 2.38. The summed E-state index contributed by atoms with van der Waals surface area (Å²) < 4.78 is 5.49. The molecule has 3 aliphatic rings. The molecule has 3 aromatic rings. The highest BCUT2D eigenvalue weighted by Gasteiger charge is 2.45. The van der Waals surface area contributed by atoms with E-state index in [1.807, 2.05) is 0 Å². The molecule has 1 aromatic heterocycles. The molecule has 0 amide bonds. The van der Waals surface area contributed by atoms with E-state index in [1.54, 1.807) is 12.7 Å². The highest BCUT2D eigenvalue weighted by molar-refractivity contribution is 5.86. The Morgan fingerprint density at radius 2 is 2.04 bits per heavy atom. The van der Waals surface area contributed by atoms with Gasteiger partial charge in [0.05, 0.1) is 12.6 Å². The normalized spacial score (nSPS) is 26.7. The second kappa shape index (κ2) is 6.10. The Morgan fingerprint density at radius 3 is 2.93 bits per heavy atom. The first-order valence-electron chi connectivity index (χ1n) is 10.5. The van der Waals surface area contributed by atoms with Crippen LogP contribution in [0.5, 0.6) is 5.75 Å². The summed E-state index contributed by atoms with van der Waals surface area (Å²) >= 11 is 0. The quantitative estimate of drug-likeness (QED) is 0.683. The van der Waals surface area contributed by atoms with E-state index in [-0.39, 0.29) is 5.54 Å². The number of rotatable bonds is 1. The molecule has 0 saturated carbocycles. The summed E-state index contributed by atoms with van der Waals surface area (Å²) in [6, 6.07) is 16.0. The number of benzene rings is 2. The third-order valence-electron chi connectivity index (χ3n) is 7.30. The van der Waals surface area contributed by atoms with Crippen molar-refractivity contribution in [2.75, 3.05) is 20.2 Å². The van der Waals surface area contributed by atoms with Crippen molar-refractivity contribution in [3.8, 4) is 5.75 Å². The van der Waals surface area contributed by atoms with E-state index in [1.165, 1.54) is 47.0 Å². The smallest absolute Gasteiger partial charge is 0.119 e. The van der Waals surface area contributed by atoms with Gasteiger partial charge in [-0.25, -0.2) is 0 Å². The maximum absolute atomic E-state index is 5.49. The van der Waals surface area contributed by atoms with E-state index in [4.69, 9.17) is 4.74 Å². The van der Waals surface area contributed by atoms with Crippen molar-refractivity contribution in [2.45, 2.75) is 43.8 Å². The second-order valence-electron chi connectivity index (χ2n) is 8.70. The summed E-state index contributed by atoms with van der Waals surface area (Å²) in [4.78, 5) is 6.51. The Morgan fingerprint density at radius 1 is 1.14 bits per heavy atom. The number of hydrogen-bond donors (Lipinski definition) is 2. The lowest BCUT2D eigenvalue weighted by Crippen LogP contribution is -2.58. The molecule has 0 radical (unpaired) electrons. The van der Waals surface area contributed by atoms with Crippen LogP contribution in [0.15, 0.2) is 42.5 Å². The van der Waals surface area contributed by atoms with Crippen LogP contribution in [0.3, 0.4) is 0 Å². The number of fused-ring (bicyclic) bond motifs is 6. The van der Waals surface area contributed by atoms with E-state index in [0.29, 0.717) is 6.04 Å². The van der Waals surface area contributed by atoms with Gasteiger partial charge >= 0.3 is 0 Å². The SMILES string of the molecule is COc1ccc2[nH]c3c(c2c1)CCN[C@@]31CCN2Cc3ccccc3C[C@H]2C1. The fraction of sp³-hybridized carbons (Fsp3) is 0.417. The minimum atomic E-state index is 0.0767. The summed E-state index contributed by atoms with van der Waals surface area (Å²) in [7, 11) is 1.75. The van der Waals surface area contributed by atoms with Crippen LogP contribution >= 0.6 is 0 Å². The van der Waals surface area contributed by atoms with Crippen molar-refractivity contribution in [3.63, 3.8) is 0 Å². The fourth-order valence-corrected chi connectivity index (χ4v) is 5.87. The Hall–Kier alpha value is -2.30. The van der Waals surface area contributed by atoms with Crippen molar-refractivity contribution in [2.24, 2.45) is 0 Å². The van der Waals surface area contributed by atoms with Gasteiger partial charge in [0.1, 0.15) is 5.75 Å². The third-order valence-corrected chi connectivity index (χ3v) is 7.30. The summed E-state index contributed by atoms with van der Waals surface area (Å²) in [6.45, 7) is 3.32. The summed E-state index contributed by atoms with van der Waals surface area (Å²) in [6.07, 6.45) is 4.60. The molecule has 0 aliphatic carbocycles. The molecule has 0 bridgehead atoms. The molecule has 1 fully saturated rings. The molecular formula is C24H27N3O. The predicted octanol–water partition coefficient (Wildman–Crippen LogP) is 3.74. The Kier molecular flexibility index (Phi) is 3.62. The van der Waals surface area contributed by atoms with Gasteiger partial charge in [-0.2, -0.15) is 0 Å². The van der Waals surface area contributed by atoms with Crippen LogP contribution in [0.2, 0.25) is 0 Å². The Labute approximate surface area is 165 Å². The average Bonchev–Trinajstić information content (AvgIpc) is 3.12. The van der Waals surface area contributed by atoms with Crippen molar-refractivity contribution in [1.29, 1.82) is 0 Å². The molecular weight excluding hydrogens is 346 g/mol. The number of nitrogens with one attached hydrogen (secondary N) is 2. The largest absolute Gasteiger partial charge is 0.497 e. The molecule has 4 heteroatoms. The van der Waals surface area contributed by atoms with E-state index < -0.39 is 0 Å². The molecule has 1 saturated heterocycles. The van der Waals surface area contributed by atoms with Crippen LogP contribution in [0.4, 0.5) is 0 Å². The number of piperidine rings is 1. The maximum Gasteiger partial charge on any atom is 0.119 e. The minimum absolute atomic E-state index is 0.0767. The highest BCUT2D eigenvalue weighted by Crippen LogP contribution is 2.44. The van der Waals surface area contributed by atoms with Crippen molar-refractivity contribution < 1.29 is 4.74 Å². The molecule has 144 valence electrons. The standard InChI is InChI=1S/C24H27N3O/c1-28-19-6-7-22-21(13-19)20-8-10-25-24(23(20)26-22)9-11-27-15-17-5-3-2-4-16(17)12-18(27)14-24/h2-7,13,18,25-26H,8-12,14-15H2,1H3/t18-,24+/m0/s1. The van der Waals surface area contributed by atoms with Crippen LogP contribution in [-0.2, 0) is 24.9 Å². The molecule has 3 aliphatic heterocycles. The lowest BCUT2D eigenvalue weighted by molar-refractivity contribution is 0.0552. The molecule has 4 nitrogen and oxygen atoms in total. The monoisotopic (exact) mass is 373 g/mol. The van der Waals surface area contributed by atoms with Gasteiger partial charge in [-0.05, 0) is 60.6 Å². The van der Waals surface area contributed by atoms with Gasteiger partial charge in [0, 0.05) is 42.3 Å². The number of aromatic amines is 1. The highest BCUT2D eigenvalue weighted by atomic mass is 16.5. The first kappa shape index (κ1) is 16.6. The number of aromatic nitrogens is 1. The van der Waals surface area contributed by atoms with Gasteiger partial charge < -0.3 is 15.0 Å². The zero-order chi connectivity index (χ0) is 18.7. The predicted molar refractivity (Wildman–Crippen MR) is 112 cm³/mol. The molecule has 2 atom stereocenters. The zero-order valence-corrected chi connectivity index (χ0v) is 16.4. The maximum atomic E-state index is 5.49. The molecule has 28 heavy (non-hydrogen) atoms. The lowest BCUT2D eigenvalue weighted by Gasteiger charge is -2.50. The van der Waals surface area contributed by atoms with Crippen LogP contribution in [0, 0.1) is 0 Å². The van der Waals surface area contributed by atoms with Crippen LogP contribution in [-0.4, -0.2) is 36.1 Å². The Balaban J connectivity index is 1.40. The van der Waals surface area contributed by atoms with Crippen LogP contribution < -0.4 is 10.1 Å². The molecule has 6 rings (SSSR count). The number of ether oxygens (including phenoxy) is 1. The van der Waals surface area contributed by atoms with Gasteiger partial charge in [-0.3, -0.25) is 4.90 Å². The summed E-state index contributed by atoms with van der Waals surface area (Å²) in [5, 5.41) is 5.29. The van der Waals surface area contributed by atoms with Gasteiger partial charge in [0.15, 0.2) is 0 Å². The number of H-pyrrole nitrogens is 1. The van der Waals surface area contributed by atoms with E-state index >= 15 is 0 Å². The van der Waals surface area contributed by atoms with E-state index in [0.717, 1.165) is 31.8 Å². The molecule has 1 spiro atoms. The average molecular weight is 374 g/mol. The van der Waals surface area contributed by atoms with Gasteiger partial charge in [0.25, 0.3) is 0 Å². The van der Waals surface area contributed by atoms with Gasteiger partial charge in [0.2, 0.25) is 0 Å². The van der Waals surface area contributed by atoms with Crippen molar-refractivity contribution in [3.05, 3.63) is 64.8 Å². The summed E-state index contributed by atoms with van der Waals surface area (Å²) in [5.74, 6) is 0.945. The van der Waals surface area contributed by atoms with Crippen molar-refractivity contribution >= 4 is 10.9 Å². The number of hydrogen-bond acceptors (Lipinski definition) is 3. The zero-order valence-electron chi connectivity index (χ0n) is 16.4. The van der Waals surface area contributed by atoms with E-state index in [2.05, 4.69) is 57.7 Å². The molecule has 4 heterocycles. The molecule has 2 aromatic carbocycles. The number of methoxy groups -OCH3 is 1.